The van der Waals surface area contributed by atoms with E-state index in [-0.39, 0.29) is 75.5 Å². The van der Waals surface area contributed by atoms with Gasteiger partial charge in [0.25, 0.3) is 0 Å². The predicted molar refractivity (Wildman–Crippen MR) is 49.9 cm³/mol. The summed E-state index contributed by atoms with van der Waals surface area (Å²) in [5.74, 6) is -8.17. The molecule has 0 aliphatic rings. The molecule has 0 heterocycles. The molecular formula is C5H6Ca2O9. The Morgan fingerprint density at radius 2 is 0.938 bits per heavy atom. The Morgan fingerprint density at radius 1 is 0.688 bits per heavy atom. The van der Waals surface area contributed by atoms with Crippen LogP contribution in [-0.4, -0.2) is 116 Å². The molecule has 0 aromatic carbocycles. The zero-order chi connectivity index (χ0) is 11.3. The van der Waals surface area contributed by atoms with E-state index >= 15 is 0 Å². The molecule has 0 radical (unpaired) electrons. The van der Waals surface area contributed by atoms with Crippen molar-refractivity contribution in [3.05, 3.63) is 0 Å². The van der Waals surface area contributed by atoms with Gasteiger partial charge in [-0.25, -0.2) is 24.0 Å². The molecule has 0 aromatic heterocycles. The topological polar surface area (TPSA) is 144 Å². The SMILES string of the molecule is O=C(OC(=O)C(=O)O)OC(=O)C(=O)O.[CaH2].[CaH2]. The van der Waals surface area contributed by atoms with Gasteiger partial charge >= 0.3 is 106 Å². The molecule has 0 aromatic rings. The van der Waals surface area contributed by atoms with Crippen molar-refractivity contribution in [2.75, 3.05) is 0 Å². The predicted octanol–water partition coefficient (Wildman–Crippen LogP) is -3.47. The third-order valence-corrected chi connectivity index (χ3v) is 0.701. The van der Waals surface area contributed by atoms with Crippen LogP contribution in [0.1, 0.15) is 0 Å². The Kier molecular flexibility index (Phi) is 13.7. The van der Waals surface area contributed by atoms with Gasteiger partial charge in [0.05, 0.1) is 0 Å². The molecule has 0 atom stereocenters. The molecule has 0 spiro atoms. The fourth-order valence-corrected chi connectivity index (χ4v) is 0.260. The second kappa shape index (κ2) is 10.2. The van der Waals surface area contributed by atoms with Crippen LogP contribution in [0.4, 0.5) is 4.79 Å². The van der Waals surface area contributed by atoms with E-state index < -0.39 is 30.0 Å². The number of carboxylic acid groups (broad SMARTS) is 2. The van der Waals surface area contributed by atoms with Crippen LogP contribution < -0.4 is 0 Å². The fraction of sp³-hybridized carbons (Fsp3) is 0. The maximum atomic E-state index is 10.3. The summed E-state index contributed by atoms with van der Waals surface area (Å²) in [5.41, 5.74) is 0. The average Bonchev–Trinajstić information content (AvgIpc) is 2.03. The Labute approximate surface area is 147 Å². The van der Waals surface area contributed by atoms with E-state index in [2.05, 4.69) is 9.47 Å². The van der Waals surface area contributed by atoms with E-state index in [0.29, 0.717) is 0 Å². The number of carbonyl (C=O) groups is 5. The van der Waals surface area contributed by atoms with Gasteiger partial charge in [-0.2, -0.15) is 0 Å². The number of hydrogen-bond acceptors (Lipinski definition) is 7. The number of ether oxygens (including phenoxy) is 2. The molecule has 0 fully saturated rings. The van der Waals surface area contributed by atoms with E-state index in [4.69, 9.17) is 10.2 Å². The maximum absolute atomic E-state index is 10.3. The van der Waals surface area contributed by atoms with E-state index in [1.165, 1.54) is 0 Å². The molecule has 0 aliphatic heterocycles. The van der Waals surface area contributed by atoms with Crippen molar-refractivity contribution in [1.29, 1.82) is 0 Å². The molecule has 2 N–H and O–H groups in total. The summed E-state index contributed by atoms with van der Waals surface area (Å²) < 4.78 is 6.70. The summed E-state index contributed by atoms with van der Waals surface area (Å²) in [6, 6.07) is 0. The summed E-state index contributed by atoms with van der Waals surface area (Å²) in [6.45, 7) is 0. The standard InChI is InChI=1S/C5H2O9.2Ca.4H/c6-1(7)3(10)13-5(12)14-4(11)2(8)9;;;;;;/h(H,6,7)(H,8,9);;;;;;. The number of carbonyl (C=O) groups excluding carboxylic acids is 3. The molecule has 84 valence electrons. The zero-order valence-corrected chi connectivity index (χ0v) is 6.25. The first-order valence-corrected chi connectivity index (χ1v) is 2.78. The van der Waals surface area contributed by atoms with Crippen molar-refractivity contribution in [1.82, 2.24) is 0 Å². The summed E-state index contributed by atoms with van der Waals surface area (Å²) in [4.78, 5) is 50.0. The van der Waals surface area contributed by atoms with Crippen molar-refractivity contribution in [2.24, 2.45) is 0 Å². The molecule has 0 unspecified atom stereocenters. The second-order valence-corrected chi connectivity index (χ2v) is 1.64. The molecule has 16 heavy (non-hydrogen) atoms. The van der Waals surface area contributed by atoms with Gasteiger partial charge in [0.2, 0.25) is 0 Å². The van der Waals surface area contributed by atoms with Crippen molar-refractivity contribution < 1.29 is 43.7 Å². The van der Waals surface area contributed by atoms with Crippen LogP contribution >= 0.6 is 0 Å². The van der Waals surface area contributed by atoms with Crippen LogP contribution in [0.15, 0.2) is 0 Å². The zero-order valence-electron chi connectivity index (χ0n) is 6.25. The quantitative estimate of drug-likeness (QED) is 0.201. The molecule has 9 nitrogen and oxygen atoms in total. The minimum absolute atomic E-state index is 0. The van der Waals surface area contributed by atoms with Crippen LogP contribution in [0, 0.1) is 0 Å². The molecule has 0 rings (SSSR count). The first-order chi connectivity index (χ1) is 6.34. The summed E-state index contributed by atoms with van der Waals surface area (Å²) >= 11 is 0. The first-order valence-electron chi connectivity index (χ1n) is 2.78. The number of esters is 2. The van der Waals surface area contributed by atoms with Crippen molar-refractivity contribution in [3.63, 3.8) is 0 Å². The first kappa shape index (κ1) is 21.4. The molecule has 0 amide bonds. The molecule has 0 saturated heterocycles. The van der Waals surface area contributed by atoms with E-state index in [1.807, 2.05) is 0 Å². The van der Waals surface area contributed by atoms with E-state index in [9.17, 15) is 24.0 Å². The Bertz CT molecular complexity index is 292. The Balaban J connectivity index is -0.000000845. The summed E-state index contributed by atoms with van der Waals surface area (Å²) in [6.07, 6.45) is -2.02. The fourth-order valence-electron chi connectivity index (χ4n) is 0.260. The van der Waals surface area contributed by atoms with Gasteiger partial charge in [0.1, 0.15) is 0 Å². The van der Waals surface area contributed by atoms with E-state index in [0.717, 1.165) is 0 Å². The molecule has 0 aliphatic carbocycles. The van der Waals surface area contributed by atoms with Crippen LogP contribution in [0.5, 0.6) is 0 Å². The van der Waals surface area contributed by atoms with Gasteiger partial charge in [0.15, 0.2) is 0 Å². The third-order valence-electron chi connectivity index (χ3n) is 0.701. The second-order valence-electron chi connectivity index (χ2n) is 1.64. The van der Waals surface area contributed by atoms with Crippen LogP contribution in [-0.2, 0) is 28.7 Å². The van der Waals surface area contributed by atoms with Gasteiger partial charge in [-0.3, -0.25) is 0 Å². The molecule has 0 bridgehead atoms. The van der Waals surface area contributed by atoms with Crippen molar-refractivity contribution in [2.45, 2.75) is 0 Å². The van der Waals surface area contributed by atoms with Crippen LogP contribution in [0.2, 0.25) is 0 Å². The molecule has 11 heteroatoms. The number of rotatable bonds is 0. The monoisotopic (exact) mass is 290 g/mol. The van der Waals surface area contributed by atoms with Gasteiger partial charge in [0, 0.05) is 0 Å². The third kappa shape index (κ3) is 9.31. The normalized spacial score (nSPS) is 7.50. The number of carboxylic acids is 2. The van der Waals surface area contributed by atoms with E-state index in [1.54, 1.807) is 0 Å². The summed E-state index contributed by atoms with van der Waals surface area (Å²) in [5, 5.41) is 15.8. The Hall–Kier alpha value is 0.0695. The van der Waals surface area contributed by atoms with Crippen molar-refractivity contribution >= 4 is 106 Å². The number of aliphatic carboxylic acids is 2. The van der Waals surface area contributed by atoms with Gasteiger partial charge < -0.3 is 19.7 Å². The molecule has 0 saturated carbocycles. The minimum atomic E-state index is -2.09. The van der Waals surface area contributed by atoms with Gasteiger partial charge in [-0.15, -0.1) is 0 Å². The van der Waals surface area contributed by atoms with Gasteiger partial charge in [-0.05, 0) is 0 Å². The van der Waals surface area contributed by atoms with Crippen LogP contribution in [0.3, 0.4) is 0 Å². The Morgan fingerprint density at radius 3 is 1.12 bits per heavy atom. The number of hydrogen-bond donors (Lipinski definition) is 2. The average molecular weight is 290 g/mol. The summed E-state index contributed by atoms with van der Waals surface area (Å²) in [7, 11) is 0. The van der Waals surface area contributed by atoms with Gasteiger partial charge in [-0.1, -0.05) is 0 Å². The molecular weight excluding hydrogens is 284 g/mol. The van der Waals surface area contributed by atoms with Crippen LogP contribution in [0.25, 0.3) is 0 Å². The van der Waals surface area contributed by atoms with Crippen molar-refractivity contribution in [3.8, 4) is 0 Å².